The van der Waals surface area contributed by atoms with Gasteiger partial charge >= 0.3 is 0 Å². The first-order chi connectivity index (χ1) is 9.15. The Kier molecular flexibility index (Phi) is 3.83. The molecule has 19 heavy (non-hydrogen) atoms. The molecule has 0 aromatic heterocycles. The third kappa shape index (κ3) is 2.67. The molecule has 4 heteroatoms. The van der Waals surface area contributed by atoms with Gasteiger partial charge in [0.1, 0.15) is 5.75 Å². The molecule has 1 heterocycles. The lowest BCUT2D eigenvalue weighted by molar-refractivity contribution is -0.0590. The van der Waals surface area contributed by atoms with Gasteiger partial charge in [-0.3, -0.25) is 4.90 Å². The summed E-state index contributed by atoms with van der Waals surface area (Å²) in [7, 11) is 0. The second-order valence-electron chi connectivity index (χ2n) is 5.61. The minimum absolute atomic E-state index is 0.407. The molecule has 1 aliphatic heterocycles. The van der Waals surface area contributed by atoms with E-state index in [1.54, 1.807) is 0 Å². The number of rotatable bonds is 2. The highest BCUT2D eigenvalue weighted by molar-refractivity contribution is 9.10. The maximum atomic E-state index is 10.2. The third-order valence-electron chi connectivity index (χ3n) is 4.31. The molecule has 1 saturated carbocycles. The number of phenols is 1. The number of fused-ring (bicyclic) bond motifs is 1. The second kappa shape index (κ2) is 5.43. The molecule has 0 radical (unpaired) electrons. The average molecular weight is 326 g/mol. The Morgan fingerprint density at radius 1 is 1.42 bits per heavy atom. The van der Waals surface area contributed by atoms with E-state index in [0.717, 1.165) is 35.3 Å². The molecule has 1 N–H and O–H groups in total. The van der Waals surface area contributed by atoms with Crippen molar-refractivity contribution in [2.45, 2.75) is 44.9 Å². The van der Waals surface area contributed by atoms with Crippen LogP contribution in [0, 0.1) is 6.92 Å². The molecule has 2 atom stereocenters. The Hall–Kier alpha value is -0.580. The first kappa shape index (κ1) is 13.4. The summed E-state index contributed by atoms with van der Waals surface area (Å²) in [5.41, 5.74) is 1.94. The van der Waals surface area contributed by atoms with E-state index >= 15 is 0 Å². The number of hydrogen-bond acceptors (Lipinski definition) is 3. The molecule has 2 aliphatic rings. The van der Waals surface area contributed by atoms with Crippen LogP contribution in [-0.4, -0.2) is 35.3 Å². The number of ether oxygens (including phenoxy) is 1. The Balaban J connectivity index is 1.81. The molecule has 0 spiro atoms. The molecule has 3 rings (SSSR count). The summed E-state index contributed by atoms with van der Waals surface area (Å²) >= 11 is 3.51. The van der Waals surface area contributed by atoms with E-state index in [2.05, 4.69) is 20.8 Å². The normalized spacial score (nSPS) is 27.5. The van der Waals surface area contributed by atoms with Crippen LogP contribution >= 0.6 is 15.9 Å². The Bertz CT molecular complexity index is 477. The molecule has 1 aliphatic carbocycles. The van der Waals surface area contributed by atoms with Crippen molar-refractivity contribution in [3.63, 3.8) is 0 Å². The zero-order valence-corrected chi connectivity index (χ0v) is 12.8. The number of aromatic hydroxyl groups is 1. The van der Waals surface area contributed by atoms with E-state index in [0.29, 0.717) is 17.9 Å². The monoisotopic (exact) mass is 325 g/mol. The number of nitrogens with zero attached hydrogens (tertiary/aromatic N) is 1. The number of phenolic OH excluding ortho intramolecular Hbond substituents is 1. The van der Waals surface area contributed by atoms with E-state index in [1.807, 2.05) is 19.1 Å². The van der Waals surface area contributed by atoms with Gasteiger partial charge in [-0.15, -0.1) is 0 Å². The van der Waals surface area contributed by atoms with Crippen LogP contribution in [0.15, 0.2) is 16.6 Å². The standard InChI is InChI=1S/C15H20BrNO2/c1-10-7-12(16)8-11(15(10)18)9-17-5-6-19-14-4-2-3-13(14)17/h7-8,13-14,18H,2-6,9H2,1H3. The lowest BCUT2D eigenvalue weighted by Crippen LogP contribution is -2.47. The lowest BCUT2D eigenvalue weighted by Gasteiger charge is -2.37. The van der Waals surface area contributed by atoms with Crippen LogP contribution in [0.4, 0.5) is 0 Å². The van der Waals surface area contributed by atoms with E-state index in [4.69, 9.17) is 4.74 Å². The molecular formula is C15H20BrNO2. The Morgan fingerprint density at radius 2 is 2.26 bits per heavy atom. The Labute approximate surface area is 122 Å². The van der Waals surface area contributed by atoms with Gasteiger partial charge in [0.15, 0.2) is 0 Å². The van der Waals surface area contributed by atoms with Crippen molar-refractivity contribution < 1.29 is 9.84 Å². The predicted octanol–water partition coefficient (Wildman–Crippen LogP) is 3.22. The maximum Gasteiger partial charge on any atom is 0.123 e. The van der Waals surface area contributed by atoms with Crippen molar-refractivity contribution >= 4 is 15.9 Å². The van der Waals surface area contributed by atoms with Gasteiger partial charge in [0.25, 0.3) is 0 Å². The molecule has 104 valence electrons. The zero-order valence-electron chi connectivity index (χ0n) is 11.2. The van der Waals surface area contributed by atoms with Gasteiger partial charge in [-0.1, -0.05) is 15.9 Å². The van der Waals surface area contributed by atoms with Crippen molar-refractivity contribution in [1.29, 1.82) is 0 Å². The topological polar surface area (TPSA) is 32.7 Å². The number of morpholine rings is 1. The van der Waals surface area contributed by atoms with Crippen LogP contribution in [0.5, 0.6) is 5.75 Å². The van der Waals surface area contributed by atoms with Crippen molar-refractivity contribution in [1.82, 2.24) is 4.90 Å². The molecule has 2 fully saturated rings. The third-order valence-corrected chi connectivity index (χ3v) is 4.77. The van der Waals surface area contributed by atoms with Gasteiger partial charge in [-0.05, 0) is 43.9 Å². The number of benzene rings is 1. The fourth-order valence-electron chi connectivity index (χ4n) is 3.35. The van der Waals surface area contributed by atoms with Crippen molar-refractivity contribution in [3.8, 4) is 5.75 Å². The van der Waals surface area contributed by atoms with Gasteiger partial charge in [0.2, 0.25) is 0 Å². The minimum atomic E-state index is 0.407. The van der Waals surface area contributed by atoms with Crippen molar-refractivity contribution in [2.75, 3.05) is 13.2 Å². The van der Waals surface area contributed by atoms with Crippen molar-refractivity contribution in [3.05, 3.63) is 27.7 Å². The van der Waals surface area contributed by atoms with Gasteiger partial charge in [-0.2, -0.15) is 0 Å². The van der Waals surface area contributed by atoms with Gasteiger partial charge in [0, 0.05) is 29.2 Å². The van der Waals surface area contributed by atoms with Gasteiger partial charge in [0.05, 0.1) is 12.7 Å². The van der Waals surface area contributed by atoms with Gasteiger partial charge in [-0.25, -0.2) is 0 Å². The summed E-state index contributed by atoms with van der Waals surface area (Å²) in [6.45, 7) is 4.54. The van der Waals surface area contributed by atoms with Gasteiger partial charge < -0.3 is 9.84 Å². The largest absolute Gasteiger partial charge is 0.507 e. The summed E-state index contributed by atoms with van der Waals surface area (Å²) in [4.78, 5) is 2.47. The van der Waals surface area contributed by atoms with E-state index in [-0.39, 0.29) is 0 Å². The average Bonchev–Trinajstić information content (AvgIpc) is 2.84. The lowest BCUT2D eigenvalue weighted by atomic mass is 10.1. The smallest absolute Gasteiger partial charge is 0.123 e. The van der Waals surface area contributed by atoms with E-state index in [1.165, 1.54) is 19.3 Å². The summed E-state index contributed by atoms with van der Waals surface area (Å²) in [5, 5.41) is 10.2. The summed E-state index contributed by atoms with van der Waals surface area (Å²) in [6, 6.07) is 4.52. The Morgan fingerprint density at radius 3 is 3.11 bits per heavy atom. The van der Waals surface area contributed by atoms with Crippen LogP contribution in [0.1, 0.15) is 30.4 Å². The molecule has 1 saturated heterocycles. The summed E-state index contributed by atoms with van der Waals surface area (Å²) < 4.78 is 6.87. The fraction of sp³-hybridized carbons (Fsp3) is 0.600. The predicted molar refractivity (Wildman–Crippen MR) is 78.3 cm³/mol. The van der Waals surface area contributed by atoms with Crippen LogP contribution in [0.2, 0.25) is 0 Å². The highest BCUT2D eigenvalue weighted by Gasteiger charge is 2.36. The van der Waals surface area contributed by atoms with Crippen LogP contribution in [-0.2, 0) is 11.3 Å². The first-order valence-corrected chi connectivity index (χ1v) is 7.78. The second-order valence-corrected chi connectivity index (χ2v) is 6.52. The zero-order chi connectivity index (χ0) is 13.4. The molecule has 3 nitrogen and oxygen atoms in total. The molecule has 2 unspecified atom stereocenters. The molecule has 0 bridgehead atoms. The quantitative estimate of drug-likeness (QED) is 0.906. The van der Waals surface area contributed by atoms with Crippen LogP contribution < -0.4 is 0 Å². The molecule has 1 aromatic carbocycles. The number of hydrogen-bond donors (Lipinski definition) is 1. The fourth-order valence-corrected chi connectivity index (χ4v) is 3.97. The van der Waals surface area contributed by atoms with Crippen LogP contribution in [0.25, 0.3) is 0 Å². The molecular weight excluding hydrogens is 306 g/mol. The summed E-state index contributed by atoms with van der Waals surface area (Å²) in [5.74, 6) is 0.434. The SMILES string of the molecule is Cc1cc(Br)cc(CN2CCOC3CCCC32)c1O. The highest BCUT2D eigenvalue weighted by atomic mass is 79.9. The minimum Gasteiger partial charge on any atom is -0.507 e. The summed E-state index contributed by atoms with van der Waals surface area (Å²) in [6.07, 6.45) is 4.07. The molecule has 0 amide bonds. The van der Waals surface area contributed by atoms with E-state index < -0.39 is 0 Å². The highest BCUT2D eigenvalue weighted by Crippen LogP contribution is 2.33. The molecule has 1 aromatic rings. The maximum absolute atomic E-state index is 10.2. The first-order valence-electron chi connectivity index (χ1n) is 6.99. The number of halogens is 1. The number of aryl methyl sites for hydroxylation is 1. The van der Waals surface area contributed by atoms with Crippen molar-refractivity contribution in [2.24, 2.45) is 0 Å². The van der Waals surface area contributed by atoms with E-state index in [9.17, 15) is 5.11 Å². The van der Waals surface area contributed by atoms with Crippen LogP contribution in [0.3, 0.4) is 0 Å².